The first kappa shape index (κ1) is 24.4. The molecule has 1 aromatic heterocycles. The van der Waals surface area contributed by atoms with Crippen molar-refractivity contribution >= 4 is 27.6 Å². The number of sulfonamides is 1. The Morgan fingerprint density at radius 3 is 2.49 bits per heavy atom. The minimum Gasteiger partial charge on any atom is -0.476 e. The molecule has 0 saturated heterocycles. The quantitative estimate of drug-likeness (QED) is 0.406. The first-order valence-corrected chi connectivity index (χ1v) is 12.3. The normalized spacial score (nSPS) is 13.5. The maximum absolute atomic E-state index is 13.5. The Morgan fingerprint density at radius 1 is 1.20 bits per heavy atom. The van der Waals surface area contributed by atoms with Gasteiger partial charge in [-0.25, -0.2) is 22.3 Å². The predicted octanol–water partition coefficient (Wildman–Crippen LogP) is 3.60. The number of amides is 1. The molecular formula is C23H23FN4O6S. The third-order valence-corrected chi connectivity index (χ3v) is 6.83. The number of aromatic nitrogens is 2. The fourth-order valence-electron chi connectivity index (χ4n) is 3.28. The lowest BCUT2D eigenvalue weighted by Gasteiger charge is -2.16. The molecule has 1 aliphatic rings. The van der Waals surface area contributed by atoms with Crippen LogP contribution in [0.5, 0.6) is 11.6 Å². The van der Waals surface area contributed by atoms with Crippen LogP contribution in [0.2, 0.25) is 0 Å². The summed E-state index contributed by atoms with van der Waals surface area (Å²) in [4.78, 5) is 23.3. The van der Waals surface area contributed by atoms with E-state index in [1.54, 1.807) is 6.92 Å². The molecule has 0 atom stereocenters. The van der Waals surface area contributed by atoms with Crippen molar-refractivity contribution in [3.05, 3.63) is 59.5 Å². The second kappa shape index (κ2) is 9.47. The molecule has 0 aliphatic heterocycles. The molecule has 10 nitrogen and oxygen atoms in total. The smallest absolute Gasteiger partial charge is 0.356 e. The number of ether oxygens (including phenoxy) is 1. The fraction of sp³-hybridized carbons (Fsp3) is 0.261. The van der Waals surface area contributed by atoms with Gasteiger partial charge in [0.25, 0.3) is 0 Å². The van der Waals surface area contributed by atoms with E-state index >= 15 is 0 Å². The van der Waals surface area contributed by atoms with Gasteiger partial charge in [0.2, 0.25) is 21.8 Å². The lowest BCUT2D eigenvalue weighted by molar-refractivity contribution is -0.115. The molecule has 1 saturated carbocycles. The zero-order valence-electron chi connectivity index (χ0n) is 18.9. The number of nitrogens with one attached hydrogen (secondary N) is 2. The molecule has 0 unspecified atom stereocenters. The molecule has 4 rings (SSSR count). The van der Waals surface area contributed by atoms with Gasteiger partial charge in [0, 0.05) is 23.7 Å². The summed E-state index contributed by atoms with van der Waals surface area (Å²) in [5.41, 5.74) is 0.403. The fourth-order valence-corrected chi connectivity index (χ4v) is 4.74. The topological polar surface area (TPSA) is 140 Å². The average molecular weight is 503 g/mol. The summed E-state index contributed by atoms with van der Waals surface area (Å²) >= 11 is 0. The summed E-state index contributed by atoms with van der Waals surface area (Å²) in [6.07, 6.45) is 1.62. The first-order valence-electron chi connectivity index (χ1n) is 10.8. The maximum Gasteiger partial charge on any atom is 0.356 e. The van der Waals surface area contributed by atoms with Crippen LogP contribution >= 0.6 is 0 Å². The molecule has 0 bridgehead atoms. The lowest BCUT2D eigenvalue weighted by atomic mass is 10.2. The lowest BCUT2D eigenvalue weighted by Crippen LogP contribution is -2.26. The molecule has 3 aromatic rings. The summed E-state index contributed by atoms with van der Waals surface area (Å²) in [6.45, 7) is 3.14. The average Bonchev–Trinajstić information content (AvgIpc) is 3.56. The minimum atomic E-state index is -4.04. The molecule has 0 spiro atoms. The Kier molecular flexibility index (Phi) is 6.59. The Balaban J connectivity index is 1.82. The van der Waals surface area contributed by atoms with E-state index in [1.807, 2.05) is 0 Å². The molecule has 12 heteroatoms. The zero-order valence-corrected chi connectivity index (χ0v) is 19.7. The van der Waals surface area contributed by atoms with Gasteiger partial charge in [-0.1, -0.05) is 6.92 Å². The third kappa shape index (κ3) is 5.33. The summed E-state index contributed by atoms with van der Waals surface area (Å²) < 4.78 is 49.4. The van der Waals surface area contributed by atoms with Crippen molar-refractivity contribution in [1.82, 2.24) is 14.5 Å². The van der Waals surface area contributed by atoms with Crippen LogP contribution in [0.1, 0.15) is 42.2 Å². The van der Waals surface area contributed by atoms with E-state index < -0.39 is 21.8 Å². The monoisotopic (exact) mass is 502 g/mol. The van der Waals surface area contributed by atoms with E-state index in [0.717, 1.165) is 4.68 Å². The summed E-state index contributed by atoms with van der Waals surface area (Å²) in [7, 11) is -4.04. The van der Waals surface area contributed by atoms with Crippen LogP contribution in [0, 0.1) is 12.7 Å². The van der Waals surface area contributed by atoms with Crippen LogP contribution < -0.4 is 14.8 Å². The Hall–Kier alpha value is -3.77. The number of carboxylic acid groups (broad SMARTS) is 1. The van der Waals surface area contributed by atoms with Crippen molar-refractivity contribution in [3.63, 3.8) is 0 Å². The highest BCUT2D eigenvalue weighted by Crippen LogP contribution is 2.36. The number of anilines is 1. The molecular weight excluding hydrogens is 479 g/mol. The highest BCUT2D eigenvalue weighted by molar-refractivity contribution is 7.89. The molecule has 2 aromatic carbocycles. The summed E-state index contributed by atoms with van der Waals surface area (Å²) in [6, 6.07) is 9.06. The van der Waals surface area contributed by atoms with Crippen molar-refractivity contribution in [2.45, 2.75) is 44.0 Å². The molecule has 1 heterocycles. The number of aromatic carboxylic acids is 1. The Morgan fingerprint density at radius 2 is 1.89 bits per heavy atom. The standard InChI is InChI=1S/C23H23FN4O6S/c1-3-20(29)25-16-8-11-18(19(12-16)35(32,33)27-15-6-7-15)34-22-13(2)21(23(30)31)26-28(22)17-9-4-14(24)5-10-17/h4-5,8-12,15,27H,3,6-7H2,1-2H3,(H,25,29)(H,30,31). The van der Waals surface area contributed by atoms with Crippen LogP contribution in [0.3, 0.4) is 0 Å². The highest BCUT2D eigenvalue weighted by Gasteiger charge is 2.31. The SMILES string of the molecule is CCC(=O)Nc1ccc(Oc2c(C)c(C(=O)O)nn2-c2ccc(F)cc2)c(S(=O)(=O)NC2CC2)c1. The van der Waals surface area contributed by atoms with Crippen LogP contribution in [0.15, 0.2) is 47.4 Å². The van der Waals surface area contributed by atoms with Crippen LogP contribution in [-0.4, -0.2) is 41.2 Å². The van der Waals surface area contributed by atoms with Crippen molar-refractivity contribution in [2.75, 3.05) is 5.32 Å². The van der Waals surface area contributed by atoms with Gasteiger partial charge < -0.3 is 15.2 Å². The van der Waals surface area contributed by atoms with Crippen molar-refractivity contribution in [2.24, 2.45) is 0 Å². The largest absolute Gasteiger partial charge is 0.476 e. The molecule has 1 amide bonds. The number of nitrogens with zero attached hydrogens (tertiary/aromatic N) is 2. The Labute approximate surface area is 200 Å². The number of hydrogen-bond donors (Lipinski definition) is 3. The molecule has 0 radical (unpaired) electrons. The van der Waals surface area contributed by atoms with Crippen LogP contribution in [-0.2, 0) is 14.8 Å². The van der Waals surface area contributed by atoms with Crippen molar-refractivity contribution in [3.8, 4) is 17.3 Å². The van der Waals surface area contributed by atoms with E-state index in [-0.39, 0.29) is 51.8 Å². The van der Waals surface area contributed by atoms with Crippen molar-refractivity contribution in [1.29, 1.82) is 0 Å². The van der Waals surface area contributed by atoms with Gasteiger partial charge in [0.1, 0.15) is 16.5 Å². The van der Waals surface area contributed by atoms with Gasteiger partial charge in [-0.15, -0.1) is 0 Å². The van der Waals surface area contributed by atoms with Crippen LogP contribution in [0.25, 0.3) is 5.69 Å². The summed E-state index contributed by atoms with van der Waals surface area (Å²) in [5.74, 6) is -2.26. The zero-order chi connectivity index (χ0) is 25.3. The van der Waals surface area contributed by atoms with Gasteiger partial charge in [-0.3, -0.25) is 4.79 Å². The minimum absolute atomic E-state index is 0.0535. The van der Waals surface area contributed by atoms with E-state index in [1.165, 1.54) is 49.4 Å². The molecule has 35 heavy (non-hydrogen) atoms. The molecule has 1 aliphatic carbocycles. The molecule has 184 valence electrons. The maximum atomic E-state index is 13.5. The molecule has 1 fully saturated rings. The van der Waals surface area contributed by atoms with Gasteiger partial charge in [0.15, 0.2) is 5.69 Å². The van der Waals surface area contributed by atoms with Gasteiger partial charge >= 0.3 is 5.97 Å². The van der Waals surface area contributed by atoms with Gasteiger partial charge in [-0.2, -0.15) is 9.78 Å². The van der Waals surface area contributed by atoms with Gasteiger partial charge in [0.05, 0.1) is 5.69 Å². The Bertz CT molecular complexity index is 1400. The number of benzene rings is 2. The van der Waals surface area contributed by atoms with E-state index in [2.05, 4.69) is 15.1 Å². The number of carboxylic acids is 1. The number of carbonyl (C=O) groups excluding carboxylic acids is 1. The second-order valence-corrected chi connectivity index (χ2v) is 9.72. The van der Waals surface area contributed by atoms with Gasteiger partial charge in [-0.05, 0) is 62.2 Å². The van der Waals surface area contributed by atoms with Crippen LogP contribution in [0.4, 0.5) is 10.1 Å². The highest BCUT2D eigenvalue weighted by atomic mass is 32.2. The molecule has 3 N–H and O–H groups in total. The number of rotatable bonds is 9. The van der Waals surface area contributed by atoms with Crippen molar-refractivity contribution < 1.29 is 32.2 Å². The van der Waals surface area contributed by atoms with E-state index in [4.69, 9.17) is 4.74 Å². The number of halogens is 1. The van der Waals surface area contributed by atoms with E-state index in [9.17, 15) is 27.5 Å². The summed E-state index contributed by atoms with van der Waals surface area (Å²) in [5, 5.41) is 16.2. The second-order valence-electron chi connectivity index (χ2n) is 8.03. The predicted molar refractivity (Wildman–Crippen MR) is 124 cm³/mol. The first-order chi connectivity index (χ1) is 16.6. The number of hydrogen-bond acceptors (Lipinski definition) is 6. The van der Waals surface area contributed by atoms with E-state index in [0.29, 0.717) is 18.5 Å². The third-order valence-electron chi connectivity index (χ3n) is 5.29. The number of carbonyl (C=O) groups is 2.